The van der Waals surface area contributed by atoms with Crippen LogP contribution in [0.4, 0.5) is 14.5 Å². The lowest BCUT2D eigenvalue weighted by Crippen LogP contribution is -2.13. The number of nitrogen functional groups attached to an aromatic ring is 1. The molecule has 0 unspecified atom stereocenters. The van der Waals surface area contributed by atoms with Crippen molar-refractivity contribution in [2.45, 2.75) is 13.0 Å². The maximum absolute atomic E-state index is 14.2. The van der Waals surface area contributed by atoms with Crippen LogP contribution in [0.2, 0.25) is 0 Å². The van der Waals surface area contributed by atoms with Crippen LogP contribution in [-0.2, 0) is 13.0 Å². The normalized spacial score (nSPS) is 11.3. The van der Waals surface area contributed by atoms with Crippen molar-refractivity contribution in [1.29, 1.82) is 0 Å². The number of rotatable bonds is 6. The molecular weight excluding hydrogens is 396 g/mol. The molecule has 7 heteroatoms. The van der Waals surface area contributed by atoms with Crippen LogP contribution in [0.15, 0.2) is 67.1 Å². The molecule has 0 fully saturated rings. The lowest BCUT2D eigenvalue weighted by Gasteiger charge is -2.17. The highest BCUT2D eigenvalue weighted by Gasteiger charge is 2.15. The number of nitrogens with two attached hydrogens (primary N) is 1. The van der Waals surface area contributed by atoms with Crippen LogP contribution in [-0.4, -0.2) is 33.8 Å². The van der Waals surface area contributed by atoms with E-state index in [0.717, 1.165) is 22.4 Å². The van der Waals surface area contributed by atoms with Crippen LogP contribution >= 0.6 is 0 Å². The minimum absolute atomic E-state index is 0.0380. The fourth-order valence-electron chi connectivity index (χ4n) is 3.57. The molecule has 2 N–H and O–H groups in total. The Bertz CT molecular complexity index is 1170. The topological polar surface area (TPSA) is 60.0 Å². The van der Waals surface area contributed by atoms with E-state index >= 15 is 0 Å². The van der Waals surface area contributed by atoms with E-state index in [1.807, 2.05) is 55.5 Å². The molecule has 0 aliphatic rings. The lowest BCUT2D eigenvalue weighted by molar-refractivity contribution is 0.403. The van der Waals surface area contributed by atoms with Crippen molar-refractivity contribution in [2.75, 3.05) is 19.8 Å². The first kappa shape index (κ1) is 20.7. The molecule has 2 heterocycles. The zero-order valence-electron chi connectivity index (χ0n) is 17.4. The summed E-state index contributed by atoms with van der Waals surface area (Å²) in [6.07, 6.45) is 5.38. The first-order chi connectivity index (χ1) is 14.9. The maximum Gasteiger partial charge on any atom is 0.129 e. The number of hydrogen-bond donors (Lipinski definition) is 1. The minimum Gasteiger partial charge on any atom is -0.398 e. The van der Waals surface area contributed by atoms with Crippen molar-refractivity contribution in [3.63, 3.8) is 0 Å². The van der Waals surface area contributed by atoms with Crippen LogP contribution in [0, 0.1) is 11.6 Å². The molecule has 158 valence electrons. The van der Waals surface area contributed by atoms with Crippen molar-refractivity contribution in [3.05, 3.63) is 95.4 Å². The third-order valence-electron chi connectivity index (χ3n) is 5.05. The van der Waals surface area contributed by atoms with Gasteiger partial charge in [-0.15, -0.1) is 0 Å². The van der Waals surface area contributed by atoms with Gasteiger partial charge >= 0.3 is 0 Å². The fourth-order valence-corrected chi connectivity index (χ4v) is 3.57. The number of halogens is 2. The van der Waals surface area contributed by atoms with Gasteiger partial charge in [-0.05, 0) is 61.6 Å². The summed E-state index contributed by atoms with van der Waals surface area (Å²) in [7, 11) is 3.89. The van der Waals surface area contributed by atoms with Gasteiger partial charge in [0.25, 0.3) is 0 Å². The molecule has 0 radical (unpaired) electrons. The van der Waals surface area contributed by atoms with E-state index in [2.05, 4.69) is 10.1 Å². The molecule has 0 bridgehead atoms. The summed E-state index contributed by atoms with van der Waals surface area (Å²) in [6.45, 7) is 0.595. The highest BCUT2D eigenvalue weighted by molar-refractivity contribution is 5.77. The van der Waals surface area contributed by atoms with E-state index in [1.54, 1.807) is 17.1 Å². The number of aromatic nitrogens is 3. The van der Waals surface area contributed by atoms with Crippen molar-refractivity contribution < 1.29 is 8.78 Å². The molecule has 2 aromatic carbocycles. The molecule has 0 amide bonds. The van der Waals surface area contributed by atoms with Gasteiger partial charge in [-0.3, -0.25) is 4.98 Å². The quantitative estimate of drug-likeness (QED) is 0.469. The molecule has 5 nitrogen and oxygen atoms in total. The van der Waals surface area contributed by atoms with Gasteiger partial charge < -0.3 is 10.6 Å². The van der Waals surface area contributed by atoms with Crippen LogP contribution < -0.4 is 5.73 Å². The van der Waals surface area contributed by atoms with Crippen molar-refractivity contribution >= 4 is 5.69 Å². The molecule has 0 aliphatic carbocycles. The van der Waals surface area contributed by atoms with E-state index in [0.29, 0.717) is 17.9 Å². The molecule has 4 aromatic rings. The van der Waals surface area contributed by atoms with Gasteiger partial charge in [0.2, 0.25) is 0 Å². The zero-order chi connectivity index (χ0) is 22.0. The summed E-state index contributed by atoms with van der Waals surface area (Å²) in [5.41, 5.74) is 11.0. The molecule has 31 heavy (non-hydrogen) atoms. The van der Waals surface area contributed by atoms with Crippen molar-refractivity contribution in [1.82, 2.24) is 19.7 Å². The average Bonchev–Trinajstić information content (AvgIpc) is 3.28. The number of anilines is 1. The SMILES string of the molecule is CN(C)Cc1cc(Cc2c(F)cccc2F)cc(-c2ccc(-n3cccn3)cn2)c1N. The number of hydrogen-bond acceptors (Lipinski definition) is 4. The van der Waals surface area contributed by atoms with Gasteiger partial charge in [0.05, 0.1) is 17.6 Å². The van der Waals surface area contributed by atoms with Gasteiger partial charge in [0.15, 0.2) is 0 Å². The third kappa shape index (κ3) is 4.46. The smallest absolute Gasteiger partial charge is 0.129 e. The molecule has 0 saturated carbocycles. The molecular formula is C24H23F2N5. The molecule has 4 rings (SSSR count). The standard InChI is InChI=1S/C24H23F2N5/c1-30(2)15-17-11-16(12-19-21(25)5-3-6-22(19)26)13-20(24(17)27)23-8-7-18(14-28-23)31-10-4-9-29-31/h3-11,13-14H,12,15,27H2,1-2H3. The van der Waals surface area contributed by atoms with Crippen molar-refractivity contribution in [3.8, 4) is 16.9 Å². The second-order valence-electron chi connectivity index (χ2n) is 7.68. The van der Waals surface area contributed by atoms with E-state index in [-0.39, 0.29) is 12.0 Å². The van der Waals surface area contributed by atoms with Gasteiger partial charge in [0.1, 0.15) is 11.6 Å². The van der Waals surface area contributed by atoms with E-state index in [4.69, 9.17) is 5.73 Å². The summed E-state index contributed by atoms with van der Waals surface area (Å²) in [4.78, 5) is 6.56. The maximum atomic E-state index is 14.2. The minimum atomic E-state index is -0.561. The number of nitrogens with zero attached hydrogens (tertiary/aromatic N) is 4. The molecule has 0 spiro atoms. The summed E-state index contributed by atoms with van der Waals surface area (Å²) in [5, 5.41) is 4.21. The Labute approximate surface area is 179 Å². The Balaban J connectivity index is 1.77. The molecule has 0 saturated heterocycles. The fraction of sp³-hybridized carbons (Fsp3) is 0.167. The number of benzene rings is 2. The van der Waals surface area contributed by atoms with Crippen molar-refractivity contribution in [2.24, 2.45) is 0 Å². The van der Waals surface area contributed by atoms with Crippen LogP contribution in [0.5, 0.6) is 0 Å². The lowest BCUT2D eigenvalue weighted by atomic mass is 9.95. The largest absolute Gasteiger partial charge is 0.398 e. The van der Waals surface area contributed by atoms with Crippen LogP contribution in [0.25, 0.3) is 16.9 Å². The predicted octanol–water partition coefficient (Wildman–Crippen LogP) is 4.45. The Morgan fingerprint density at radius 1 is 1.03 bits per heavy atom. The van der Waals surface area contributed by atoms with Gasteiger partial charge in [-0.1, -0.05) is 12.1 Å². The first-order valence-electron chi connectivity index (χ1n) is 9.87. The second-order valence-corrected chi connectivity index (χ2v) is 7.68. The van der Waals surface area contributed by atoms with Crippen LogP contribution in [0.1, 0.15) is 16.7 Å². The van der Waals surface area contributed by atoms with E-state index in [1.165, 1.54) is 18.2 Å². The molecule has 0 aliphatic heterocycles. The monoisotopic (exact) mass is 419 g/mol. The molecule has 0 atom stereocenters. The van der Waals surface area contributed by atoms with Gasteiger partial charge in [-0.25, -0.2) is 13.5 Å². The first-order valence-corrected chi connectivity index (χ1v) is 9.87. The Morgan fingerprint density at radius 2 is 1.81 bits per heavy atom. The third-order valence-corrected chi connectivity index (χ3v) is 5.05. The summed E-state index contributed by atoms with van der Waals surface area (Å²) in [5.74, 6) is -1.12. The van der Waals surface area contributed by atoms with E-state index < -0.39 is 11.6 Å². The summed E-state index contributed by atoms with van der Waals surface area (Å²) in [6, 6.07) is 13.3. The summed E-state index contributed by atoms with van der Waals surface area (Å²) < 4.78 is 30.2. The second kappa shape index (κ2) is 8.65. The zero-order valence-corrected chi connectivity index (χ0v) is 17.4. The Hall–Kier alpha value is -3.58. The average molecular weight is 419 g/mol. The van der Waals surface area contributed by atoms with E-state index in [9.17, 15) is 8.78 Å². The highest BCUT2D eigenvalue weighted by atomic mass is 19.1. The molecule has 2 aromatic heterocycles. The highest BCUT2D eigenvalue weighted by Crippen LogP contribution is 2.31. The predicted molar refractivity (Wildman–Crippen MR) is 118 cm³/mol. The van der Waals surface area contributed by atoms with Gasteiger partial charge in [0, 0.05) is 42.2 Å². The number of pyridine rings is 1. The van der Waals surface area contributed by atoms with Gasteiger partial charge in [-0.2, -0.15) is 5.10 Å². The Morgan fingerprint density at radius 3 is 2.42 bits per heavy atom. The Kier molecular flexibility index (Phi) is 5.77. The summed E-state index contributed by atoms with van der Waals surface area (Å²) >= 11 is 0. The van der Waals surface area contributed by atoms with Crippen LogP contribution in [0.3, 0.4) is 0 Å².